The van der Waals surface area contributed by atoms with Gasteiger partial charge in [-0.1, -0.05) is 13.8 Å². The van der Waals surface area contributed by atoms with Gasteiger partial charge in [0, 0.05) is 19.1 Å². The third-order valence-electron chi connectivity index (χ3n) is 3.51. The maximum Gasteiger partial charge on any atom is 0.0572 e. The van der Waals surface area contributed by atoms with Crippen molar-refractivity contribution in [1.82, 2.24) is 10.3 Å². The number of hydrogen-bond acceptors (Lipinski definition) is 3. The lowest BCUT2D eigenvalue weighted by Gasteiger charge is -2.19. The molecule has 1 aromatic heterocycles. The largest absolute Gasteiger partial charge is 0.370 e. The van der Waals surface area contributed by atoms with Crippen LogP contribution in [0, 0.1) is 5.92 Å². The van der Waals surface area contributed by atoms with E-state index in [1.54, 1.807) is 0 Å². The maximum absolute atomic E-state index is 4.56. The highest BCUT2D eigenvalue weighted by atomic mass is 15.2. The Labute approximate surface area is 104 Å². The summed E-state index contributed by atoms with van der Waals surface area (Å²) >= 11 is 0. The molecular formula is C14H23N3. The third-order valence-corrected chi connectivity index (χ3v) is 3.51. The Morgan fingerprint density at radius 3 is 2.88 bits per heavy atom. The van der Waals surface area contributed by atoms with Gasteiger partial charge in [0.15, 0.2) is 0 Å². The zero-order valence-electron chi connectivity index (χ0n) is 11.1. The topological polar surface area (TPSA) is 28.2 Å². The highest BCUT2D eigenvalue weighted by Gasteiger charge is 2.19. The van der Waals surface area contributed by atoms with E-state index >= 15 is 0 Å². The van der Waals surface area contributed by atoms with Gasteiger partial charge in [0.2, 0.25) is 0 Å². The molecule has 0 amide bonds. The second kappa shape index (κ2) is 5.50. The number of rotatable bonds is 4. The normalized spacial score (nSPS) is 21.8. The molecule has 0 aromatic carbocycles. The van der Waals surface area contributed by atoms with Crippen LogP contribution < -0.4 is 10.2 Å². The summed E-state index contributed by atoms with van der Waals surface area (Å²) in [7, 11) is 0. The summed E-state index contributed by atoms with van der Waals surface area (Å²) in [6.07, 6.45) is 3.32. The van der Waals surface area contributed by atoms with Crippen molar-refractivity contribution in [1.29, 1.82) is 0 Å². The molecule has 1 N–H and O–H groups in total. The van der Waals surface area contributed by atoms with E-state index in [1.165, 1.54) is 25.2 Å². The molecule has 1 saturated heterocycles. The van der Waals surface area contributed by atoms with Gasteiger partial charge >= 0.3 is 0 Å². The lowest BCUT2D eigenvalue weighted by molar-refractivity contribution is 0.583. The molecule has 0 saturated carbocycles. The Morgan fingerprint density at radius 1 is 1.53 bits per heavy atom. The quantitative estimate of drug-likeness (QED) is 0.866. The summed E-state index contributed by atoms with van der Waals surface area (Å²) in [5.41, 5.74) is 2.39. The van der Waals surface area contributed by atoms with E-state index in [0.29, 0.717) is 6.04 Å². The van der Waals surface area contributed by atoms with Crippen molar-refractivity contribution < 1.29 is 0 Å². The summed E-state index contributed by atoms with van der Waals surface area (Å²) in [6, 6.07) is 4.69. The SMILES string of the molecule is CCNC(C)c1ccc(N2CCC(C)C2)cn1. The van der Waals surface area contributed by atoms with Crippen LogP contribution in [0.25, 0.3) is 0 Å². The van der Waals surface area contributed by atoms with Crippen LogP contribution in [-0.4, -0.2) is 24.6 Å². The van der Waals surface area contributed by atoms with Crippen LogP contribution in [0.4, 0.5) is 5.69 Å². The Bertz CT molecular complexity index is 347. The highest BCUT2D eigenvalue weighted by molar-refractivity contribution is 5.45. The molecule has 2 heterocycles. The minimum Gasteiger partial charge on any atom is -0.370 e. The molecule has 0 aliphatic carbocycles. The smallest absolute Gasteiger partial charge is 0.0572 e. The van der Waals surface area contributed by atoms with Crippen LogP contribution in [0.3, 0.4) is 0 Å². The Balaban J connectivity index is 2.02. The van der Waals surface area contributed by atoms with E-state index in [0.717, 1.165) is 18.2 Å². The van der Waals surface area contributed by atoms with Crippen molar-refractivity contribution in [2.24, 2.45) is 5.92 Å². The molecule has 1 fully saturated rings. The Morgan fingerprint density at radius 2 is 2.35 bits per heavy atom. The molecular weight excluding hydrogens is 210 g/mol. The molecule has 1 aromatic rings. The van der Waals surface area contributed by atoms with Gasteiger partial charge in [0.25, 0.3) is 0 Å². The molecule has 17 heavy (non-hydrogen) atoms. The molecule has 3 nitrogen and oxygen atoms in total. The molecule has 1 aliphatic rings. The molecule has 0 bridgehead atoms. The summed E-state index contributed by atoms with van der Waals surface area (Å²) in [4.78, 5) is 6.99. The van der Waals surface area contributed by atoms with Gasteiger partial charge in [0.05, 0.1) is 17.6 Å². The van der Waals surface area contributed by atoms with Crippen molar-refractivity contribution >= 4 is 5.69 Å². The summed E-state index contributed by atoms with van der Waals surface area (Å²) in [5.74, 6) is 0.815. The van der Waals surface area contributed by atoms with Gasteiger partial charge in [-0.25, -0.2) is 0 Å². The molecule has 3 heteroatoms. The Hall–Kier alpha value is -1.09. The van der Waals surface area contributed by atoms with Crippen molar-refractivity contribution in [3.63, 3.8) is 0 Å². The van der Waals surface area contributed by atoms with Gasteiger partial charge in [0.1, 0.15) is 0 Å². The van der Waals surface area contributed by atoms with Crippen LogP contribution in [0.1, 0.15) is 38.9 Å². The van der Waals surface area contributed by atoms with E-state index in [1.807, 2.05) is 6.20 Å². The standard InChI is InChI=1S/C14H23N3/c1-4-15-12(3)14-6-5-13(9-16-14)17-8-7-11(2)10-17/h5-6,9,11-12,15H,4,7-8,10H2,1-3H3. The van der Waals surface area contributed by atoms with E-state index in [9.17, 15) is 0 Å². The van der Waals surface area contributed by atoms with E-state index in [4.69, 9.17) is 0 Å². The summed E-state index contributed by atoms with van der Waals surface area (Å²) in [6.45, 7) is 9.91. The number of nitrogens with zero attached hydrogens (tertiary/aromatic N) is 2. The van der Waals surface area contributed by atoms with Crippen LogP contribution in [0.15, 0.2) is 18.3 Å². The molecule has 2 atom stereocenters. The van der Waals surface area contributed by atoms with E-state index in [2.05, 4.69) is 48.1 Å². The first kappa shape index (κ1) is 12.4. The molecule has 2 rings (SSSR count). The van der Waals surface area contributed by atoms with Gasteiger partial charge in [-0.15, -0.1) is 0 Å². The van der Waals surface area contributed by atoms with Crippen molar-refractivity contribution in [3.05, 3.63) is 24.0 Å². The average molecular weight is 233 g/mol. The zero-order chi connectivity index (χ0) is 12.3. The lowest BCUT2D eigenvalue weighted by atomic mass is 10.2. The van der Waals surface area contributed by atoms with Gasteiger partial charge in [-0.3, -0.25) is 4.98 Å². The van der Waals surface area contributed by atoms with Crippen LogP contribution in [-0.2, 0) is 0 Å². The Kier molecular flexibility index (Phi) is 4.00. The van der Waals surface area contributed by atoms with Gasteiger partial charge < -0.3 is 10.2 Å². The fourth-order valence-corrected chi connectivity index (χ4v) is 2.42. The van der Waals surface area contributed by atoms with Crippen molar-refractivity contribution in [2.75, 3.05) is 24.5 Å². The van der Waals surface area contributed by atoms with Crippen LogP contribution in [0.5, 0.6) is 0 Å². The van der Waals surface area contributed by atoms with Crippen LogP contribution >= 0.6 is 0 Å². The number of hydrogen-bond donors (Lipinski definition) is 1. The first-order chi connectivity index (χ1) is 8.20. The van der Waals surface area contributed by atoms with E-state index < -0.39 is 0 Å². The fourth-order valence-electron chi connectivity index (χ4n) is 2.42. The first-order valence-electron chi connectivity index (χ1n) is 6.65. The van der Waals surface area contributed by atoms with Gasteiger partial charge in [-0.2, -0.15) is 0 Å². The number of anilines is 1. The van der Waals surface area contributed by atoms with Crippen molar-refractivity contribution in [2.45, 2.75) is 33.2 Å². The molecule has 2 unspecified atom stereocenters. The van der Waals surface area contributed by atoms with E-state index in [-0.39, 0.29) is 0 Å². The number of aromatic nitrogens is 1. The second-order valence-corrected chi connectivity index (χ2v) is 5.06. The predicted octanol–water partition coefficient (Wildman–Crippen LogP) is 2.60. The van der Waals surface area contributed by atoms with Crippen LogP contribution in [0.2, 0.25) is 0 Å². The molecule has 0 radical (unpaired) electrons. The fraction of sp³-hybridized carbons (Fsp3) is 0.643. The summed E-state index contributed by atoms with van der Waals surface area (Å²) in [5, 5.41) is 3.38. The minimum atomic E-state index is 0.339. The monoisotopic (exact) mass is 233 g/mol. The summed E-state index contributed by atoms with van der Waals surface area (Å²) < 4.78 is 0. The molecule has 1 aliphatic heterocycles. The minimum absolute atomic E-state index is 0.339. The highest BCUT2D eigenvalue weighted by Crippen LogP contribution is 2.23. The third kappa shape index (κ3) is 2.97. The lowest BCUT2D eigenvalue weighted by Crippen LogP contribution is -2.21. The number of pyridine rings is 1. The molecule has 0 spiro atoms. The maximum atomic E-state index is 4.56. The number of nitrogens with one attached hydrogen (secondary N) is 1. The first-order valence-corrected chi connectivity index (χ1v) is 6.65. The predicted molar refractivity (Wildman–Crippen MR) is 72.3 cm³/mol. The molecule has 94 valence electrons. The second-order valence-electron chi connectivity index (χ2n) is 5.06. The van der Waals surface area contributed by atoms with Gasteiger partial charge in [-0.05, 0) is 37.9 Å². The van der Waals surface area contributed by atoms with Crippen molar-refractivity contribution in [3.8, 4) is 0 Å². The zero-order valence-corrected chi connectivity index (χ0v) is 11.1. The average Bonchev–Trinajstić information content (AvgIpc) is 2.76.